The molecule has 0 spiro atoms. The van der Waals surface area contributed by atoms with E-state index in [0.717, 1.165) is 29.9 Å². The van der Waals surface area contributed by atoms with Gasteiger partial charge in [-0.15, -0.1) is 10.2 Å². The lowest BCUT2D eigenvalue weighted by atomic mass is 9.94. The van der Waals surface area contributed by atoms with Crippen LogP contribution in [0.3, 0.4) is 0 Å². The Morgan fingerprint density at radius 2 is 1.61 bits per heavy atom. The van der Waals surface area contributed by atoms with Crippen molar-refractivity contribution in [3.8, 4) is 0 Å². The SMILES string of the molecule is O=C(N1CCN(c2ccc(Nc3ccncc3)nn2)CC1)C1(c2ccc(F)cc2)CC1. The Kier molecular flexibility index (Phi) is 4.97. The van der Waals surface area contributed by atoms with E-state index in [9.17, 15) is 9.18 Å². The van der Waals surface area contributed by atoms with Gasteiger partial charge in [0.1, 0.15) is 5.82 Å². The van der Waals surface area contributed by atoms with Gasteiger partial charge in [-0.2, -0.15) is 0 Å². The highest BCUT2D eigenvalue weighted by Crippen LogP contribution is 2.49. The minimum Gasteiger partial charge on any atom is -0.352 e. The van der Waals surface area contributed by atoms with Crippen molar-refractivity contribution in [3.05, 3.63) is 72.3 Å². The first-order valence-corrected chi connectivity index (χ1v) is 10.5. The second-order valence-corrected chi connectivity index (χ2v) is 8.01. The van der Waals surface area contributed by atoms with E-state index in [2.05, 4.69) is 25.4 Å². The number of halogens is 1. The van der Waals surface area contributed by atoms with Crippen LogP contribution >= 0.6 is 0 Å². The van der Waals surface area contributed by atoms with Crippen LogP contribution in [0.2, 0.25) is 0 Å². The third-order valence-corrected chi connectivity index (χ3v) is 6.05. The summed E-state index contributed by atoms with van der Waals surface area (Å²) in [4.78, 5) is 21.3. The molecule has 2 aliphatic rings. The highest BCUT2D eigenvalue weighted by molar-refractivity contribution is 5.91. The minimum atomic E-state index is -0.462. The van der Waals surface area contributed by atoms with Crippen LogP contribution in [0.1, 0.15) is 18.4 Å². The van der Waals surface area contributed by atoms with Gasteiger partial charge in [0.2, 0.25) is 5.91 Å². The van der Waals surface area contributed by atoms with Crippen LogP contribution in [0, 0.1) is 5.82 Å². The highest BCUT2D eigenvalue weighted by atomic mass is 19.1. The second-order valence-electron chi connectivity index (χ2n) is 8.01. The molecular formula is C23H23FN6O. The minimum absolute atomic E-state index is 0.154. The molecule has 2 aromatic heterocycles. The lowest BCUT2D eigenvalue weighted by Crippen LogP contribution is -2.51. The van der Waals surface area contributed by atoms with Crippen LogP contribution in [-0.2, 0) is 10.2 Å². The number of nitrogens with one attached hydrogen (secondary N) is 1. The van der Waals surface area contributed by atoms with Crippen molar-refractivity contribution in [1.82, 2.24) is 20.1 Å². The van der Waals surface area contributed by atoms with Gasteiger partial charge in [0.05, 0.1) is 5.41 Å². The maximum Gasteiger partial charge on any atom is 0.233 e. The number of carbonyl (C=O) groups is 1. The van der Waals surface area contributed by atoms with Gasteiger partial charge in [-0.1, -0.05) is 12.1 Å². The molecule has 31 heavy (non-hydrogen) atoms. The number of carbonyl (C=O) groups excluding carboxylic acids is 1. The molecule has 1 saturated heterocycles. The molecule has 5 rings (SSSR count). The van der Waals surface area contributed by atoms with Crippen molar-refractivity contribution in [2.45, 2.75) is 18.3 Å². The van der Waals surface area contributed by atoms with Crippen molar-refractivity contribution >= 4 is 23.2 Å². The summed E-state index contributed by atoms with van der Waals surface area (Å²) in [5.74, 6) is 1.34. The Bertz CT molecular complexity index is 1050. The summed E-state index contributed by atoms with van der Waals surface area (Å²) >= 11 is 0. The molecule has 0 unspecified atom stereocenters. The van der Waals surface area contributed by atoms with Crippen molar-refractivity contribution in [2.75, 3.05) is 36.4 Å². The molecule has 3 heterocycles. The van der Waals surface area contributed by atoms with E-state index >= 15 is 0 Å². The van der Waals surface area contributed by atoms with Crippen LogP contribution in [0.4, 0.5) is 21.7 Å². The molecule has 3 aromatic rings. The second kappa shape index (κ2) is 7.94. The Balaban J connectivity index is 1.19. The maximum atomic E-state index is 13.3. The molecule has 8 heteroatoms. The standard InChI is InChI=1S/C23H23FN6O/c24-18-3-1-17(2-4-18)23(9-10-23)22(31)30-15-13-29(14-16-30)21-6-5-20(27-28-21)26-19-7-11-25-12-8-19/h1-8,11-12H,9-10,13-16H2,(H,25,26,27). The fourth-order valence-electron chi connectivity index (χ4n) is 4.10. The van der Waals surface area contributed by atoms with E-state index in [-0.39, 0.29) is 11.7 Å². The first-order chi connectivity index (χ1) is 15.1. The topological polar surface area (TPSA) is 74.2 Å². The van der Waals surface area contributed by atoms with E-state index in [0.29, 0.717) is 32.0 Å². The first kappa shape index (κ1) is 19.4. The molecule has 1 aliphatic carbocycles. The third-order valence-electron chi connectivity index (χ3n) is 6.05. The quantitative estimate of drug-likeness (QED) is 0.686. The van der Waals surface area contributed by atoms with E-state index in [4.69, 9.17) is 0 Å². The van der Waals surface area contributed by atoms with Gasteiger partial charge in [-0.05, 0) is 54.8 Å². The summed E-state index contributed by atoms with van der Waals surface area (Å²) in [6.45, 7) is 2.69. The summed E-state index contributed by atoms with van der Waals surface area (Å²) < 4.78 is 13.3. The summed E-state index contributed by atoms with van der Waals surface area (Å²) in [6, 6.07) is 13.9. The number of pyridine rings is 1. The predicted molar refractivity (Wildman–Crippen MR) is 116 cm³/mol. The summed E-state index contributed by atoms with van der Waals surface area (Å²) in [5.41, 5.74) is 1.36. The molecule has 1 N–H and O–H groups in total. The number of amides is 1. The van der Waals surface area contributed by atoms with E-state index in [1.165, 1.54) is 12.1 Å². The summed E-state index contributed by atoms with van der Waals surface area (Å²) in [6.07, 6.45) is 5.09. The van der Waals surface area contributed by atoms with Gasteiger partial charge in [0.25, 0.3) is 0 Å². The number of hydrogen-bond acceptors (Lipinski definition) is 6. The number of nitrogens with zero attached hydrogens (tertiary/aromatic N) is 5. The van der Waals surface area contributed by atoms with Crippen LogP contribution in [0.25, 0.3) is 0 Å². The molecule has 0 atom stereocenters. The lowest BCUT2D eigenvalue weighted by Gasteiger charge is -2.37. The number of benzene rings is 1. The summed E-state index contributed by atoms with van der Waals surface area (Å²) in [7, 11) is 0. The van der Waals surface area contributed by atoms with E-state index < -0.39 is 5.41 Å². The predicted octanol–water partition coefficient (Wildman–Crippen LogP) is 3.13. The van der Waals surface area contributed by atoms with Crippen molar-refractivity contribution < 1.29 is 9.18 Å². The molecule has 1 saturated carbocycles. The third kappa shape index (κ3) is 3.93. The zero-order chi connectivity index (χ0) is 21.3. The van der Waals surface area contributed by atoms with Crippen LogP contribution in [0.15, 0.2) is 60.9 Å². The monoisotopic (exact) mass is 418 g/mol. The molecule has 7 nitrogen and oxygen atoms in total. The van der Waals surface area contributed by atoms with Gasteiger partial charge in [-0.3, -0.25) is 9.78 Å². The van der Waals surface area contributed by atoms with Gasteiger partial charge >= 0.3 is 0 Å². The molecule has 1 aromatic carbocycles. The van der Waals surface area contributed by atoms with Gasteiger partial charge < -0.3 is 15.1 Å². The lowest BCUT2D eigenvalue weighted by molar-refractivity contribution is -0.134. The average Bonchev–Trinajstić information content (AvgIpc) is 3.62. The van der Waals surface area contributed by atoms with Crippen LogP contribution < -0.4 is 10.2 Å². The Labute approximate surface area is 179 Å². The molecule has 1 amide bonds. The van der Waals surface area contributed by atoms with Crippen molar-refractivity contribution in [2.24, 2.45) is 0 Å². The first-order valence-electron chi connectivity index (χ1n) is 10.5. The number of anilines is 3. The zero-order valence-electron chi connectivity index (χ0n) is 17.0. The van der Waals surface area contributed by atoms with Gasteiger partial charge in [0, 0.05) is 44.3 Å². The number of hydrogen-bond donors (Lipinski definition) is 1. The number of rotatable bonds is 5. The van der Waals surface area contributed by atoms with Gasteiger partial charge in [-0.25, -0.2) is 4.39 Å². The van der Waals surface area contributed by atoms with Crippen LogP contribution in [-0.4, -0.2) is 52.2 Å². The van der Waals surface area contributed by atoms with Crippen molar-refractivity contribution in [3.63, 3.8) is 0 Å². The van der Waals surface area contributed by atoms with E-state index in [1.54, 1.807) is 24.5 Å². The molecular weight excluding hydrogens is 395 g/mol. The Morgan fingerprint density at radius 3 is 2.23 bits per heavy atom. The number of piperazine rings is 1. The van der Waals surface area contributed by atoms with E-state index in [1.807, 2.05) is 29.2 Å². The van der Waals surface area contributed by atoms with Crippen LogP contribution in [0.5, 0.6) is 0 Å². The largest absolute Gasteiger partial charge is 0.352 e. The number of aromatic nitrogens is 3. The zero-order valence-corrected chi connectivity index (χ0v) is 17.0. The molecule has 0 radical (unpaired) electrons. The molecule has 158 valence electrons. The fourth-order valence-corrected chi connectivity index (χ4v) is 4.10. The normalized spacial score (nSPS) is 17.3. The maximum absolute atomic E-state index is 13.3. The Morgan fingerprint density at radius 1 is 0.903 bits per heavy atom. The molecule has 2 fully saturated rings. The molecule has 1 aliphatic heterocycles. The Hall–Kier alpha value is -3.55. The average molecular weight is 418 g/mol. The summed E-state index contributed by atoms with van der Waals surface area (Å²) in [5, 5.41) is 11.8. The smallest absolute Gasteiger partial charge is 0.233 e. The van der Waals surface area contributed by atoms with Gasteiger partial charge in [0.15, 0.2) is 11.6 Å². The molecule has 0 bridgehead atoms. The highest BCUT2D eigenvalue weighted by Gasteiger charge is 2.53. The fraction of sp³-hybridized carbons (Fsp3) is 0.304. The van der Waals surface area contributed by atoms with Crippen molar-refractivity contribution in [1.29, 1.82) is 0 Å².